The number of hydrogen-bond donors (Lipinski definition) is 2. The first-order valence-corrected chi connectivity index (χ1v) is 10.5. The Morgan fingerprint density at radius 2 is 1.65 bits per heavy atom. The molecule has 1 saturated heterocycles. The van der Waals surface area contributed by atoms with E-state index >= 15 is 0 Å². The molecule has 138 valence electrons. The maximum absolute atomic E-state index is 12.5. The molecule has 5 nitrogen and oxygen atoms in total. The lowest BCUT2D eigenvalue weighted by atomic mass is 10.1. The molecule has 0 unspecified atom stereocenters. The van der Waals surface area contributed by atoms with Crippen LogP contribution in [-0.4, -0.2) is 30.9 Å². The van der Waals surface area contributed by atoms with E-state index in [9.17, 15) is 8.42 Å². The Labute approximate surface area is 160 Å². The molecule has 0 aromatic heterocycles. The van der Waals surface area contributed by atoms with Crippen molar-refractivity contribution in [2.75, 3.05) is 23.7 Å². The summed E-state index contributed by atoms with van der Waals surface area (Å²) in [5, 5.41) is 6.75. The number of nitrogens with one attached hydrogen (secondary N) is 2. The van der Waals surface area contributed by atoms with E-state index in [1.165, 1.54) is 0 Å². The number of benzene rings is 2. The van der Waals surface area contributed by atoms with Gasteiger partial charge in [-0.25, -0.2) is 8.42 Å². The molecule has 2 aromatic rings. The third-order valence-electron chi connectivity index (χ3n) is 4.46. The van der Waals surface area contributed by atoms with Crippen LogP contribution in [0.3, 0.4) is 0 Å². The fourth-order valence-corrected chi connectivity index (χ4v) is 4.69. The Morgan fingerprint density at radius 1 is 1.00 bits per heavy atom. The topological polar surface area (TPSA) is 61.4 Å². The van der Waals surface area contributed by atoms with Crippen LogP contribution in [0.1, 0.15) is 24.0 Å². The van der Waals surface area contributed by atoms with Crippen molar-refractivity contribution in [3.05, 3.63) is 53.6 Å². The van der Waals surface area contributed by atoms with Crippen molar-refractivity contribution in [3.63, 3.8) is 0 Å². The molecule has 7 heteroatoms. The van der Waals surface area contributed by atoms with E-state index in [4.69, 9.17) is 12.2 Å². The molecule has 0 spiro atoms. The number of thiocarbonyl (C=S) groups is 1. The number of aryl methyl sites for hydroxylation is 2. The molecular weight excluding hydrogens is 366 g/mol. The minimum absolute atomic E-state index is 0.318. The van der Waals surface area contributed by atoms with Gasteiger partial charge in [-0.1, -0.05) is 12.1 Å². The quantitative estimate of drug-likeness (QED) is 0.777. The van der Waals surface area contributed by atoms with Crippen molar-refractivity contribution in [1.82, 2.24) is 4.31 Å². The molecule has 0 bridgehead atoms. The molecule has 26 heavy (non-hydrogen) atoms. The van der Waals surface area contributed by atoms with Crippen molar-refractivity contribution < 1.29 is 8.42 Å². The monoisotopic (exact) mass is 389 g/mol. The van der Waals surface area contributed by atoms with E-state index in [2.05, 4.69) is 16.7 Å². The molecule has 1 aliphatic rings. The van der Waals surface area contributed by atoms with E-state index in [0.717, 1.165) is 35.3 Å². The van der Waals surface area contributed by atoms with Crippen LogP contribution in [0.15, 0.2) is 47.4 Å². The van der Waals surface area contributed by atoms with E-state index < -0.39 is 10.0 Å². The van der Waals surface area contributed by atoms with Gasteiger partial charge in [0.25, 0.3) is 0 Å². The number of hydrogen-bond acceptors (Lipinski definition) is 3. The summed E-state index contributed by atoms with van der Waals surface area (Å²) in [6.45, 7) is 5.25. The second-order valence-electron chi connectivity index (χ2n) is 6.53. The van der Waals surface area contributed by atoms with Crippen molar-refractivity contribution in [2.24, 2.45) is 0 Å². The summed E-state index contributed by atoms with van der Waals surface area (Å²) in [6.07, 6.45) is 1.86. The van der Waals surface area contributed by atoms with Crippen LogP contribution in [0.25, 0.3) is 0 Å². The standard InChI is InChI=1S/C19H23N3O2S2/c1-14-5-6-15(2)18(13-14)21-19(25)20-16-7-9-17(10-8-16)26(23,24)22-11-3-4-12-22/h5-10,13H,3-4,11-12H2,1-2H3,(H2,20,21,25). The first-order valence-electron chi connectivity index (χ1n) is 8.62. The summed E-state index contributed by atoms with van der Waals surface area (Å²) in [7, 11) is -3.39. The highest BCUT2D eigenvalue weighted by atomic mass is 32.2. The van der Waals surface area contributed by atoms with Gasteiger partial charge in [0.2, 0.25) is 10.0 Å². The van der Waals surface area contributed by atoms with Gasteiger partial charge in [0.05, 0.1) is 4.90 Å². The van der Waals surface area contributed by atoms with Gasteiger partial charge in [0.15, 0.2) is 5.11 Å². The van der Waals surface area contributed by atoms with Gasteiger partial charge in [0, 0.05) is 24.5 Å². The lowest BCUT2D eigenvalue weighted by Crippen LogP contribution is -2.27. The predicted molar refractivity (Wildman–Crippen MR) is 110 cm³/mol. The fourth-order valence-electron chi connectivity index (χ4n) is 2.94. The van der Waals surface area contributed by atoms with Crippen molar-refractivity contribution in [3.8, 4) is 0 Å². The van der Waals surface area contributed by atoms with Gasteiger partial charge >= 0.3 is 0 Å². The Balaban J connectivity index is 1.67. The third kappa shape index (κ3) is 4.23. The average molecular weight is 390 g/mol. The number of sulfonamides is 1. The lowest BCUT2D eigenvalue weighted by Gasteiger charge is -2.16. The molecule has 1 fully saturated rings. The largest absolute Gasteiger partial charge is 0.332 e. The number of nitrogens with zero attached hydrogens (tertiary/aromatic N) is 1. The van der Waals surface area contributed by atoms with Crippen molar-refractivity contribution in [2.45, 2.75) is 31.6 Å². The van der Waals surface area contributed by atoms with Crippen LogP contribution in [0, 0.1) is 13.8 Å². The van der Waals surface area contributed by atoms with Gasteiger partial charge in [-0.2, -0.15) is 4.31 Å². The molecule has 0 amide bonds. The Bertz CT molecular complexity index is 903. The molecule has 1 heterocycles. The van der Waals surface area contributed by atoms with Crippen LogP contribution in [0.5, 0.6) is 0 Å². The molecule has 0 aliphatic carbocycles. The summed E-state index contributed by atoms with van der Waals surface area (Å²) in [5.41, 5.74) is 3.95. The first kappa shape index (κ1) is 18.8. The maximum atomic E-state index is 12.5. The van der Waals surface area contributed by atoms with E-state index in [1.807, 2.05) is 26.0 Å². The molecule has 0 radical (unpaired) electrons. The van der Waals surface area contributed by atoms with E-state index in [-0.39, 0.29) is 0 Å². The van der Waals surface area contributed by atoms with Gasteiger partial charge in [0.1, 0.15) is 0 Å². The Kier molecular flexibility index (Phi) is 5.60. The molecule has 2 N–H and O–H groups in total. The summed E-state index contributed by atoms with van der Waals surface area (Å²) in [5.74, 6) is 0. The van der Waals surface area contributed by atoms with Gasteiger partial charge in [-0.15, -0.1) is 0 Å². The zero-order valence-electron chi connectivity index (χ0n) is 15.0. The fraction of sp³-hybridized carbons (Fsp3) is 0.316. The number of anilines is 2. The highest BCUT2D eigenvalue weighted by Gasteiger charge is 2.26. The zero-order valence-corrected chi connectivity index (χ0v) is 16.6. The Hall–Kier alpha value is -1.96. The average Bonchev–Trinajstić information content (AvgIpc) is 3.14. The third-order valence-corrected chi connectivity index (χ3v) is 6.57. The SMILES string of the molecule is Cc1ccc(C)c(NC(=S)Nc2ccc(S(=O)(=O)N3CCCC3)cc2)c1. The first-order chi connectivity index (χ1) is 12.4. The normalized spacial score (nSPS) is 15.0. The molecule has 1 aliphatic heterocycles. The molecule has 0 saturated carbocycles. The predicted octanol–water partition coefficient (Wildman–Crippen LogP) is 3.90. The second-order valence-corrected chi connectivity index (χ2v) is 8.88. The minimum Gasteiger partial charge on any atom is -0.332 e. The highest BCUT2D eigenvalue weighted by molar-refractivity contribution is 7.89. The second kappa shape index (κ2) is 7.73. The maximum Gasteiger partial charge on any atom is 0.243 e. The van der Waals surface area contributed by atoms with Crippen LogP contribution in [0.4, 0.5) is 11.4 Å². The van der Waals surface area contributed by atoms with Crippen LogP contribution < -0.4 is 10.6 Å². The Morgan fingerprint density at radius 3 is 2.31 bits per heavy atom. The van der Waals surface area contributed by atoms with Gasteiger partial charge < -0.3 is 10.6 Å². The van der Waals surface area contributed by atoms with E-state index in [0.29, 0.717) is 23.1 Å². The molecular formula is C19H23N3O2S2. The highest BCUT2D eigenvalue weighted by Crippen LogP contribution is 2.22. The number of rotatable bonds is 4. The lowest BCUT2D eigenvalue weighted by molar-refractivity contribution is 0.477. The van der Waals surface area contributed by atoms with E-state index in [1.54, 1.807) is 28.6 Å². The molecule has 3 rings (SSSR count). The van der Waals surface area contributed by atoms with Gasteiger partial charge in [-0.3, -0.25) is 0 Å². The molecule has 0 atom stereocenters. The van der Waals surface area contributed by atoms with Gasteiger partial charge in [-0.05, 0) is 80.4 Å². The molecule has 2 aromatic carbocycles. The summed E-state index contributed by atoms with van der Waals surface area (Å²) in [6, 6.07) is 12.8. The smallest absolute Gasteiger partial charge is 0.243 e. The summed E-state index contributed by atoms with van der Waals surface area (Å²) >= 11 is 5.37. The summed E-state index contributed by atoms with van der Waals surface area (Å²) < 4.78 is 26.6. The van der Waals surface area contributed by atoms with Crippen LogP contribution in [0.2, 0.25) is 0 Å². The zero-order chi connectivity index (χ0) is 18.7. The minimum atomic E-state index is -3.39. The summed E-state index contributed by atoms with van der Waals surface area (Å²) in [4.78, 5) is 0.318. The van der Waals surface area contributed by atoms with Crippen molar-refractivity contribution >= 4 is 38.7 Å². The van der Waals surface area contributed by atoms with Crippen LogP contribution >= 0.6 is 12.2 Å². The van der Waals surface area contributed by atoms with Crippen molar-refractivity contribution in [1.29, 1.82) is 0 Å². The van der Waals surface area contributed by atoms with Crippen LogP contribution in [-0.2, 0) is 10.0 Å².